The SMILES string of the molecule is C=CCn1c(SC(C(=O)OC)c2ccccc2)nc2ccsc2c1=O. The monoisotopic (exact) mass is 372 g/mol. The summed E-state index contributed by atoms with van der Waals surface area (Å²) in [6, 6.07) is 11.1. The summed E-state index contributed by atoms with van der Waals surface area (Å²) in [6.45, 7) is 4.03. The number of benzene rings is 1. The van der Waals surface area contributed by atoms with Crippen LogP contribution in [-0.4, -0.2) is 22.6 Å². The average molecular weight is 372 g/mol. The van der Waals surface area contributed by atoms with E-state index in [1.54, 1.807) is 12.1 Å². The summed E-state index contributed by atoms with van der Waals surface area (Å²) in [5.74, 6) is -0.388. The maximum Gasteiger partial charge on any atom is 0.323 e. The molecule has 0 N–H and O–H groups in total. The van der Waals surface area contributed by atoms with Crippen molar-refractivity contribution in [2.24, 2.45) is 0 Å². The summed E-state index contributed by atoms with van der Waals surface area (Å²) < 4.78 is 7.08. The average Bonchev–Trinajstić information content (AvgIpc) is 3.11. The number of allylic oxidation sites excluding steroid dienone is 1. The summed E-state index contributed by atoms with van der Waals surface area (Å²) in [4.78, 5) is 29.6. The van der Waals surface area contributed by atoms with Gasteiger partial charge in [-0.1, -0.05) is 48.2 Å². The fraction of sp³-hybridized carbons (Fsp3) is 0.167. The molecule has 128 valence electrons. The largest absolute Gasteiger partial charge is 0.468 e. The number of hydrogen-bond donors (Lipinski definition) is 0. The minimum atomic E-state index is -0.606. The number of thiophene rings is 1. The van der Waals surface area contributed by atoms with E-state index in [1.165, 1.54) is 34.8 Å². The van der Waals surface area contributed by atoms with Gasteiger partial charge in [-0.2, -0.15) is 0 Å². The van der Waals surface area contributed by atoms with Gasteiger partial charge in [-0.25, -0.2) is 4.98 Å². The quantitative estimate of drug-likeness (QED) is 0.286. The molecule has 0 bridgehead atoms. The van der Waals surface area contributed by atoms with Gasteiger partial charge in [0.1, 0.15) is 9.95 Å². The van der Waals surface area contributed by atoms with E-state index in [1.807, 2.05) is 35.7 Å². The Morgan fingerprint density at radius 1 is 1.40 bits per heavy atom. The first-order valence-corrected chi connectivity index (χ1v) is 9.30. The van der Waals surface area contributed by atoms with Gasteiger partial charge in [0.05, 0.1) is 12.6 Å². The molecule has 0 spiro atoms. The van der Waals surface area contributed by atoms with E-state index in [9.17, 15) is 9.59 Å². The molecule has 1 atom stereocenters. The highest BCUT2D eigenvalue weighted by atomic mass is 32.2. The molecule has 0 aliphatic rings. The van der Waals surface area contributed by atoms with Crippen LogP contribution in [0, 0.1) is 0 Å². The Balaban J connectivity index is 2.10. The zero-order valence-corrected chi connectivity index (χ0v) is 15.2. The van der Waals surface area contributed by atoms with Crippen molar-refractivity contribution in [2.45, 2.75) is 17.0 Å². The second kappa shape index (κ2) is 7.67. The van der Waals surface area contributed by atoms with Gasteiger partial charge in [0.15, 0.2) is 5.16 Å². The fourth-order valence-electron chi connectivity index (χ4n) is 2.40. The lowest BCUT2D eigenvalue weighted by molar-refractivity contribution is -0.140. The molecular formula is C18H16N2O3S2. The lowest BCUT2D eigenvalue weighted by Crippen LogP contribution is -2.23. The maximum atomic E-state index is 12.7. The molecule has 0 aliphatic carbocycles. The summed E-state index contributed by atoms with van der Waals surface area (Å²) >= 11 is 2.57. The number of nitrogens with zero attached hydrogens (tertiary/aromatic N) is 2. The highest BCUT2D eigenvalue weighted by molar-refractivity contribution is 8.00. The Morgan fingerprint density at radius 3 is 2.84 bits per heavy atom. The van der Waals surface area contributed by atoms with Crippen LogP contribution in [0.5, 0.6) is 0 Å². The lowest BCUT2D eigenvalue weighted by Gasteiger charge is -2.16. The second-order valence-corrected chi connectivity index (χ2v) is 7.15. The Kier molecular flexibility index (Phi) is 5.35. The van der Waals surface area contributed by atoms with Gasteiger partial charge in [0, 0.05) is 6.54 Å². The Bertz CT molecular complexity index is 963. The van der Waals surface area contributed by atoms with Crippen molar-refractivity contribution < 1.29 is 9.53 Å². The van der Waals surface area contributed by atoms with Crippen LogP contribution in [0.4, 0.5) is 0 Å². The molecule has 0 aliphatic heterocycles. The molecule has 0 fully saturated rings. The fourth-order valence-corrected chi connectivity index (χ4v) is 4.31. The van der Waals surface area contributed by atoms with E-state index >= 15 is 0 Å². The molecular weight excluding hydrogens is 356 g/mol. The molecule has 5 nitrogen and oxygen atoms in total. The standard InChI is InChI=1S/C18H16N2O3S2/c1-3-10-20-16(21)15-13(9-11-24-15)19-18(20)25-14(17(22)23-2)12-7-5-4-6-8-12/h3-9,11,14H,1,10H2,2H3. The molecule has 1 unspecified atom stereocenters. The molecule has 25 heavy (non-hydrogen) atoms. The summed E-state index contributed by atoms with van der Waals surface area (Å²) in [6.07, 6.45) is 1.64. The van der Waals surface area contributed by atoms with Crippen LogP contribution < -0.4 is 5.56 Å². The molecule has 0 radical (unpaired) electrons. The Labute approximate surface area is 153 Å². The molecule has 3 aromatic rings. The van der Waals surface area contributed by atoms with Gasteiger partial charge in [-0.3, -0.25) is 14.2 Å². The van der Waals surface area contributed by atoms with Crippen molar-refractivity contribution in [2.75, 3.05) is 7.11 Å². The van der Waals surface area contributed by atoms with Gasteiger partial charge in [0.2, 0.25) is 0 Å². The zero-order valence-electron chi connectivity index (χ0n) is 13.5. The topological polar surface area (TPSA) is 61.2 Å². The van der Waals surface area contributed by atoms with Crippen LogP contribution >= 0.6 is 23.1 Å². The maximum absolute atomic E-state index is 12.7. The summed E-state index contributed by atoms with van der Waals surface area (Å²) in [7, 11) is 1.35. The number of ether oxygens (including phenoxy) is 1. The summed E-state index contributed by atoms with van der Waals surface area (Å²) in [5, 5.41) is 1.70. The molecule has 7 heteroatoms. The normalized spacial score (nSPS) is 12.0. The number of fused-ring (bicyclic) bond motifs is 1. The minimum Gasteiger partial charge on any atom is -0.468 e. The predicted octanol–water partition coefficient (Wildman–Crippen LogP) is 3.65. The van der Waals surface area contributed by atoms with Crippen molar-refractivity contribution in [1.29, 1.82) is 0 Å². The van der Waals surface area contributed by atoms with Gasteiger partial charge in [-0.15, -0.1) is 17.9 Å². The molecule has 0 amide bonds. The third-order valence-electron chi connectivity index (χ3n) is 3.58. The van der Waals surface area contributed by atoms with Crippen LogP contribution in [0.15, 0.2) is 64.4 Å². The van der Waals surface area contributed by atoms with E-state index in [-0.39, 0.29) is 11.5 Å². The van der Waals surface area contributed by atoms with Crippen LogP contribution in [0.3, 0.4) is 0 Å². The van der Waals surface area contributed by atoms with Crippen LogP contribution in [0.25, 0.3) is 10.2 Å². The van der Waals surface area contributed by atoms with Crippen LogP contribution in [-0.2, 0) is 16.1 Å². The Hall–Kier alpha value is -2.38. The van der Waals surface area contributed by atoms with Crippen LogP contribution in [0.2, 0.25) is 0 Å². The molecule has 2 aromatic heterocycles. The van der Waals surface area contributed by atoms with Crippen LogP contribution in [0.1, 0.15) is 10.8 Å². The highest BCUT2D eigenvalue weighted by Crippen LogP contribution is 2.35. The first kappa shape index (κ1) is 17.4. The number of thioether (sulfide) groups is 1. The molecule has 3 rings (SSSR count). The van der Waals surface area contributed by atoms with Crippen molar-refractivity contribution >= 4 is 39.3 Å². The number of aromatic nitrogens is 2. The molecule has 0 saturated carbocycles. The smallest absolute Gasteiger partial charge is 0.323 e. The molecule has 1 aromatic carbocycles. The van der Waals surface area contributed by atoms with Crippen molar-refractivity contribution in [3.8, 4) is 0 Å². The lowest BCUT2D eigenvalue weighted by atomic mass is 10.1. The predicted molar refractivity (Wildman–Crippen MR) is 101 cm³/mol. The van der Waals surface area contributed by atoms with Crippen molar-refractivity contribution in [3.05, 3.63) is 70.4 Å². The van der Waals surface area contributed by atoms with E-state index < -0.39 is 5.25 Å². The van der Waals surface area contributed by atoms with Gasteiger partial charge >= 0.3 is 5.97 Å². The van der Waals surface area contributed by atoms with Crippen molar-refractivity contribution in [3.63, 3.8) is 0 Å². The number of methoxy groups -OCH3 is 1. The Morgan fingerprint density at radius 2 is 2.16 bits per heavy atom. The van der Waals surface area contributed by atoms with Gasteiger partial charge in [-0.05, 0) is 17.0 Å². The van der Waals surface area contributed by atoms with Gasteiger partial charge in [0.25, 0.3) is 5.56 Å². The first-order valence-electron chi connectivity index (χ1n) is 7.54. The number of esters is 1. The number of rotatable bonds is 6. The van der Waals surface area contributed by atoms with E-state index in [2.05, 4.69) is 11.6 Å². The van der Waals surface area contributed by atoms with Crippen molar-refractivity contribution in [1.82, 2.24) is 9.55 Å². The van der Waals surface area contributed by atoms with Gasteiger partial charge < -0.3 is 4.74 Å². The number of hydrogen-bond acceptors (Lipinski definition) is 6. The summed E-state index contributed by atoms with van der Waals surface area (Å²) in [5.41, 5.74) is 1.30. The van der Waals surface area contributed by atoms with E-state index in [4.69, 9.17) is 4.74 Å². The first-order chi connectivity index (χ1) is 12.2. The highest BCUT2D eigenvalue weighted by Gasteiger charge is 2.25. The third-order valence-corrected chi connectivity index (χ3v) is 5.70. The van der Waals surface area contributed by atoms with E-state index in [0.29, 0.717) is 21.9 Å². The second-order valence-electron chi connectivity index (χ2n) is 5.17. The third kappa shape index (κ3) is 3.52. The minimum absolute atomic E-state index is 0.126. The van der Waals surface area contributed by atoms with E-state index in [0.717, 1.165) is 5.56 Å². The number of carbonyl (C=O) groups is 1. The number of carbonyl (C=O) groups excluding carboxylic acids is 1. The molecule has 0 saturated heterocycles. The zero-order chi connectivity index (χ0) is 17.8. The molecule has 2 heterocycles.